The Hall–Kier alpha value is -0.570. The lowest BCUT2D eigenvalue weighted by Crippen LogP contribution is -2.09. The summed E-state index contributed by atoms with van der Waals surface area (Å²) in [6, 6.07) is 0. The fraction of sp³-hybridized carbons (Fsp3) is 0.714. The van der Waals surface area contributed by atoms with Gasteiger partial charge in [0.05, 0.1) is 12.5 Å². The van der Waals surface area contributed by atoms with Gasteiger partial charge in [-0.1, -0.05) is 0 Å². The number of hydrogen-bond donors (Lipinski definition) is 0. The van der Waals surface area contributed by atoms with Gasteiger partial charge in [0.25, 0.3) is 0 Å². The van der Waals surface area contributed by atoms with Crippen molar-refractivity contribution in [1.29, 1.82) is 0 Å². The zero-order valence-corrected chi connectivity index (χ0v) is 6.93. The van der Waals surface area contributed by atoms with Gasteiger partial charge in [-0.05, 0) is 24.9 Å². The topological polar surface area (TPSA) is 43.4 Å². The highest BCUT2D eigenvalue weighted by molar-refractivity contribution is 6.64. The van der Waals surface area contributed by atoms with E-state index in [2.05, 4.69) is 0 Å². The molecule has 1 saturated carbocycles. The molecule has 4 heteroatoms. The van der Waals surface area contributed by atoms with Crippen LogP contribution in [0.3, 0.4) is 0 Å². The van der Waals surface area contributed by atoms with Gasteiger partial charge in [-0.2, -0.15) is 0 Å². The Morgan fingerprint density at radius 2 is 2.18 bits per heavy atom. The standard InChI is InChI=1S/C7H9ClO3/c1-2-11-7(10)5-3-4(5)6(8)9/h4-5H,2-3H2,1H3/t4-,5-/m1/s1. The van der Waals surface area contributed by atoms with Crippen molar-refractivity contribution in [3.8, 4) is 0 Å². The fourth-order valence-corrected chi connectivity index (χ4v) is 1.20. The van der Waals surface area contributed by atoms with E-state index in [1.807, 2.05) is 0 Å². The van der Waals surface area contributed by atoms with E-state index in [1.165, 1.54) is 0 Å². The molecule has 0 aromatic carbocycles. The average molecular weight is 177 g/mol. The lowest BCUT2D eigenvalue weighted by atomic mass is 10.3. The summed E-state index contributed by atoms with van der Waals surface area (Å²) in [6.07, 6.45) is 0.557. The molecule has 0 unspecified atom stereocenters. The molecule has 0 N–H and O–H groups in total. The highest BCUT2D eigenvalue weighted by atomic mass is 35.5. The molecule has 0 radical (unpaired) electrons. The van der Waals surface area contributed by atoms with Gasteiger partial charge in [-0.25, -0.2) is 0 Å². The van der Waals surface area contributed by atoms with Crippen LogP contribution in [0.15, 0.2) is 0 Å². The van der Waals surface area contributed by atoms with Crippen molar-refractivity contribution in [3.63, 3.8) is 0 Å². The molecule has 0 aromatic heterocycles. The van der Waals surface area contributed by atoms with E-state index in [9.17, 15) is 9.59 Å². The van der Waals surface area contributed by atoms with Crippen LogP contribution in [-0.4, -0.2) is 17.8 Å². The van der Waals surface area contributed by atoms with Gasteiger partial charge in [0, 0.05) is 5.92 Å². The molecule has 3 nitrogen and oxygen atoms in total. The Morgan fingerprint density at radius 3 is 2.55 bits per heavy atom. The average Bonchev–Trinajstić information content (AvgIpc) is 2.65. The molecule has 11 heavy (non-hydrogen) atoms. The quantitative estimate of drug-likeness (QED) is 0.475. The minimum Gasteiger partial charge on any atom is -0.466 e. The third kappa shape index (κ3) is 1.93. The molecule has 62 valence electrons. The van der Waals surface area contributed by atoms with E-state index in [0.29, 0.717) is 13.0 Å². The molecule has 1 aliphatic rings. The van der Waals surface area contributed by atoms with E-state index in [4.69, 9.17) is 16.3 Å². The zero-order chi connectivity index (χ0) is 8.43. The first-order valence-electron chi connectivity index (χ1n) is 3.52. The van der Waals surface area contributed by atoms with Crippen LogP contribution in [0.4, 0.5) is 0 Å². The van der Waals surface area contributed by atoms with Gasteiger partial charge in [0.2, 0.25) is 5.24 Å². The largest absolute Gasteiger partial charge is 0.466 e. The molecule has 0 bridgehead atoms. The van der Waals surface area contributed by atoms with Crippen LogP contribution < -0.4 is 0 Å². The predicted molar refractivity (Wildman–Crippen MR) is 39.1 cm³/mol. The lowest BCUT2D eigenvalue weighted by Gasteiger charge is -1.97. The summed E-state index contributed by atoms with van der Waals surface area (Å²) in [5.74, 6) is -0.845. The van der Waals surface area contributed by atoms with Crippen molar-refractivity contribution >= 4 is 22.8 Å². The minimum absolute atomic E-state index is 0.264. The number of ether oxygens (including phenoxy) is 1. The number of hydrogen-bond acceptors (Lipinski definition) is 3. The van der Waals surface area contributed by atoms with Crippen LogP contribution in [0.25, 0.3) is 0 Å². The van der Waals surface area contributed by atoms with Crippen LogP contribution in [0, 0.1) is 11.8 Å². The second kappa shape index (κ2) is 3.22. The maximum Gasteiger partial charge on any atom is 0.309 e. The Kier molecular flexibility index (Phi) is 2.49. The summed E-state index contributed by atoms with van der Waals surface area (Å²) < 4.78 is 4.70. The molecular formula is C7H9ClO3. The Balaban J connectivity index is 2.32. The summed E-state index contributed by atoms with van der Waals surface area (Å²) in [4.78, 5) is 21.4. The molecule has 0 aromatic rings. The van der Waals surface area contributed by atoms with Crippen molar-refractivity contribution in [3.05, 3.63) is 0 Å². The van der Waals surface area contributed by atoms with Crippen LogP contribution in [-0.2, 0) is 14.3 Å². The van der Waals surface area contributed by atoms with Crippen LogP contribution in [0.5, 0.6) is 0 Å². The first-order chi connectivity index (χ1) is 5.16. The smallest absolute Gasteiger partial charge is 0.309 e. The van der Waals surface area contributed by atoms with E-state index in [0.717, 1.165) is 0 Å². The lowest BCUT2D eigenvalue weighted by molar-refractivity contribution is -0.145. The second-order valence-corrected chi connectivity index (χ2v) is 2.88. The van der Waals surface area contributed by atoms with Gasteiger partial charge in [0.1, 0.15) is 0 Å². The Morgan fingerprint density at radius 1 is 1.55 bits per heavy atom. The number of carbonyl (C=O) groups is 2. The number of halogens is 1. The van der Waals surface area contributed by atoms with Gasteiger partial charge in [-0.3, -0.25) is 9.59 Å². The summed E-state index contributed by atoms with van der Waals surface area (Å²) >= 11 is 5.17. The van der Waals surface area contributed by atoms with Crippen LogP contribution in [0.2, 0.25) is 0 Å². The van der Waals surface area contributed by atoms with Crippen molar-refractivity contribution in [2.45, 2.75) is 13.3 Å². The third-order valence-electron chi connectivity index (χ3n) is 1.67. The van der Waals surface area contributed by atoms with Gasteiger partial charge >= 0.3 is 5.97 Å². The Bertz CT molecular complexity index is 190. The molecule has 0 heterocycles. The van der Waals surface area contributed by atoms with Crippen molar-refractivity contribution < 1.29 is 14.3 Å². The number of esters is 1. The zero-order valence-electron chi connectivity index (χ0n) is 6.17. The summed E-state index contributed by atoms with van der Waals surface area (Å²) in [7, 11) is 0. The maximum absolute atomic E-state index is 10.9. The first kappa shape index (κ1) is 8.53. The summed E-state index contributed by atoms with van der Waals surface area (Å²) in [5, 5.41) is -0.428. The van der Waals surface area contributed by atoms with Gasteiger partial charge in [0.15, 0.2) is 0 Å². The number of carbonyl (C=O) groups excluding carboxylic acids is 2. The minimum atomic E-state index is -0.428. The predicted octanol–water partition coefficient (Wildman–Crippen LogP) is 0.951. The van der Waals surface area contributed by atoms with Gasteiger partial charge < -0.3 is 4.74 Å². The first-order valence-corrected chi connectivity index (χ1v) is 3.90. The SMILES string of the molecule is CCOC(=O)[C@@H]1C[C@H]1C(=O)Cl. The normalized spacial score (nSPS) is 27.8. The van der Waals surface area contributed by atoms with E-state index < -0.39 is 5.24 Å². The molecule has 0 spiro atoms. The fourth-order valence-electron chi connectivity index (χ4n) is 0.956. The molecular weight excluding hydrogens is 168 g/mol. The molecule has 0 aliphatic heterocycles. The molecule has 0 amide bonds. The molecule has 1 fully saturated rings. The third-order valence-corrected chi connectivity index (χ3v) is 1.95. The highest BCUT2D eigenvalue weighted by Crippen LogP contribution is 2.40. The van der Waals surface area contributed by atoms with Crippen molar-refractivity contribution in [2.24, 2.45) is 11.8 Å². The van der Waals surface area contributed by atoms with E-state index >= 15 is 0 Å². The highest BCUT2D eigenvalue weighted by Gasteiger charge is 2.48. The van der Waals surface area contributed by atoms with Crippen molar-refractivity contribution in [1.82, 2.24) is 0 Å². The molecule has 2 atom stereocenters. The molecule has 1 rings (SSSR count). The molecule has 1 aliphatic carbocycles. The van der Waals surface area contributed by atoms with E-state index in [1.54, 1.807) is 6.92 Å². The maximum atomic E-state index is 10.9. The van der Waals surface area contributed by atoms with E-state index in [-0.39, 0.29) is 17.8 Å². The summed E-state index contributed by atoms with van der Waals surface area (Å²) in [6.45, 7) is 2.09. The summed E-state index contributed by atoms with van der Waals surface area (Å²) in [5.41, 5.74) is 0. The van der Waals surface area contributed by atoms with Gasteiger partial charge in [-0.15, -0.1) is 0 Å². The monoisotopic (exact) mass is 176 g/mol. The van der Waals surface area contributed by atoms with Crippen LogP contribution in [0.1, 0.15) is 13.3 Å². The van der Waals surface area contributed by atoms with Crippen molar-refractivity contribution in [2.75, 3.05) is 6.61 Å². The molecule has 0 saturated heterocycles. The van der Waals surface area contributed by atoms with Crippen LogP contribution >= 0.6 is 11.6 Å². The second-order valence-electron chi connectivity index (χ2n) is 2.50. The number of rotatable bonds is 3. The Labute approximate surface area is 69.7 Å².